The number of piperazine rings is 1. The number of hydrogen-bond donors (Lipinski definition) is 2. The number of carbonyl (C=O) groups excluding carboxylic acids is 1. The number of benzene rings is 5. The molecule has 0 radical (unpaired) electrons. The Bertz CT molecular complexity index is 1850. The van der Waals surface area contributed by atoms with Crippen molar-refractivity contribution in [3.8, 4) is 0 Å². The lowest BCUT2D eigenvalue weighted by molar-refractivity contribution is -0.119. The largest absolute Gasteiger partial charge is 0.332 e. The van der Waals surface area contributed by atoms with Gasteiger partial charge in [0.2, 0.25) is 15.9 Å². The standard InChI is InChI=1S/C36H34N4O3S2/c41-34(26-30-16-9-15-27-10-7-8-17-33(27)30)38-36(44)37-31-18-20-32(21-19-31)45(42,43)40-24-22-39(23-25-40)35(28-11-3-1-4-12-28)29-13-5-2-6-14-29/h1-21,35H,22-26H2,(H2,37,38,41,44). The van der Waals surface area contributed by atoms with Crippen LogP contribution in [-0.4, -0.2) is 54.8 Å². The average Bonchev–Trinajstić information content (AvgIpc) is 3.06. The molecule has 5 aromatic rings. The van der Waals surface area contributed by atoms with Crippen LogP contribution in [0.15, 0.2) is 132 Å². The molecule has 228 valence electrons. The van der Waals surface area contributed by atoms with Gasteiger partial charge in [0, 0.05) is 31.9 Å². The fourth-order valence-electron chi connectivity index (χ4n) is 5.90. The summed E-state index contributed by atoms with van der Waals surface area (Å²) in [5.74, 6) is -0.232. The second-order valence-electron chi connectivity index (χ2n) is 11.0. The van der Waals surface area contributed by atoms with Gasteiger partial charge < -0.3 is 10.6 Å². The van der Waals surface area contributed by atoms with Gasteiger partial charge in [0.15, 0.2) is 5.11 Å². The van der Waals surface area contributed by atoms with E-state index in [-0.39, 0.29) is 28.4 Å². The predicted octanol–water partition coefficient (Wildman–Crippen LogP) is 5.99. The van der Waals surface area contributed by atoms with Crippen molar-refractivity contribution >= 4 is 49.7 Å². The smallest absolute Gasteiger partial charge is 0.243 e. The summed E-state index contributed by atoms with van der Waals surface area (Å²) < 4.78 is 28.7. The van der Waals surface area contributed by atoms with Crippen LogP contribution in [0.1, 0.15) is 22.7 Å². The highest BCUT2D eigenvalue weighted by atomic mass is 32.2. The Morgan fingerprint density at radius 2 is 1.29 bits per heavy atom. The van der Waals surface area contributed by atoms with Gasteiger partial charge in [0.1, 0.15) is 0 Å². The normalized spacial score (nSPS) is 14.3. The van der Waals surface area contributed by atoms with Gasteiger partial charge in [-0.25, -0.2) is 8.42 Å². The van der Waals surface area contributed by atoms with Gasteiger partial charge in [-0.2, -0.15) is 4.31 Å². The lowest BCUT2D eigenvalue weighted by Gasteiger charge is -2.39. The number of fused-ring (bicyclic) bond motifs is 1. The number of rotatable bonds is 8. The first-order chi connectivity index (χ1) is 21.9. The van der Waals surface area contributed by atoms with Gasteiger partial charge >= 0.3 is 0 Å². The third-order valence-electron chi connectivity index (χ3n) is 8.10. The molecule has 9 heteroatoms. The van der Waals surface area contributed by atoms with E-state index < -0.39 is 10.0 Å². The van der Waals surface area contributed by atoms with E-state index in [4.69, 9.17) is 12.2 Å². The Balaban J connectivity index is 1.06. The average molecular weight is 635 g/mol. The number of hydrogen-bond acceptors (Lipinski definition) is 5. The Morgan fingerprint density at radius 3 is 1.93 bits per heavy atom. The van der Waals surface area contributed by atoms with Gasteiger partial charge in [-0.15, -0.1) is 0 Å². The minimum Gasteiger partial charge on any atom is -0.332 e. The van der Waals surface area contributed by atoms with Crippen LogP contribution >= 0.6 is 12.2 Å². The van der Waals surface area contributed by atoms with E-state index in [9.17, 15) is 13.2 Å². The molecule has 0 unspecified atom stereocenters. The molecule has 0 aliphatic carbocycles. The molecule has 1 aliphatic heterocycles. The van der Waals surface area contributed by atoms with Crippen LogP contribution in [-0.2, 0) is 21.2 Å². The Kier molecular flexibility index (Phi) is 9.32. The summed E-state index contributed by atoms with van der Waals surface area (Å²) in [6, 6.07) is 41.0. The van der Waals surface area contributed by atoms with E-state index in [0.717, 1.165) is 16.3 Å². The van der Waals surface area contributed by atoms with Crippen LogP contribution in [0.3, 0.4) is 0 Å². The Hall–Kier alpha value is -4.41. The summed E-state index contributed by atoms with van der Waals surface area (Å²) >= 11 is 5.36. The molecule has 1 fully saturated rings. The second kappa shape index (κ2) is 13.7. The van der Waals surface area contributed by atoms with Crippen LogP contribution < -0.4 is 10.6 Å². The monoisotopic (exact) mass is 634 g/mol. The number of anilines is 1. The van der Waals surface area contributed by atoms with Crippen LogP contribution in [0.2, 0.25) is 0 Å². The summed E-state index contributed by atoms with van der Waals surface area (Å²) in [6.45, 7) is 2.01. The predicted molar refractivity (Wildman–Crippen MR) is 184 cm³/mol. The maximum absolute atomic E-state index is 13.6. The van der Waals surface area contributed by atoms with E-state index in [0.29, 0.717) is 31.9 Å². The van der Waals surface area contributed by atoms with Crippen LogP contribution in [0, 0.1) is 0 Å². The highest BCUT2D eigenvalue weighted by Crippen LogP contribution is 2.30. The zero-order chi connectivity index (χ0) is 31.2. The summed E-state index contributed by atoms with van der Waals surface area (Å²) in [5, 5.41) is 7.96. The van der Waals surface area contributed by atoms with Gasteiger partial charge in [-0.3, -0.25) is 9.69 Å². The number of amides is 1. The topological polar surface area (TPSA) is 81.8 Å². The minimum atomic E-state index is -3.68. The molecule has 0 saturated carbocycles. The maximum atomic E-state index is 13.6. The van der Waals surface area contributed by atoms with Crippen molar-refractivity contribution in [3.63, 3.8) is 0 Å². The molecule has 1 saturated heterocycles. The van der Waals surface area contributed by atoms with Gasteiger partial charge in [0.05, 0.1) is 17.4 Å². The van der Waals surface area contributed by atoms with Gasteiger partial charge in [0.25, 0.3) is 0 Å². The first-order valence-corrected chi connectivity index (χ1v) is 16.7. The summed E-state index contributed by atoms with van der Waals surface area (Å²) in [5.41, 5.74) is 3.87. The summed E-state index contributed by atoms with van der Waals surface area (Å²) in [6.07, 6.45) is 0.186. The quantitative estimate of drug-likeness (QED) is 0.204. The Labute approximate surface area is 269 Å². The second-order valence-corrected chi connectivity index (χ2v) is 13.4. The molecule has 0 aromatic heterocycles. The molecular formula is C36H34N4O3S2. The minimum absolute atomic E-state index is 0.0546. The fourth-order valence-corrected chi connectivity index (χ4v) is 7.55. The third-order valence-corrected chi connectivity index (χ3v) is 10.2. The molecule has 2 N–H and O–H groups in total. The van der Waals surface area contributed by atoms with E-state index in [1.165, 1.54) is 11.1 Å². The van der Waals surface area contributed by atoms with Crippen molar-refractivity contribution in [1.82, 2.24) is 14.5 Å². The van der Waals surface area contributed by atoms with Crippen LogP contribution in [0.25, 0.3) is 10.8 Å². The van der Waals surface area contributed by atoms with E-state index in [2.05, 4.69) is 39.8 Å². The molecule has 1 aliphatic rings. The van der Waals surface area contributed by atoms with Gasteiger partial charge in [-0.1, -0.05) is 103 Å². The highest BCUT2D eigenvalue weighted by molar-refractivity contribution is 7.89. The fraction of sp³-hybridized carbons (Fsp3) is 0.167. The molecule has 1 amide bonds. The molecule has 0 bridgehead atoms. The van der Waals surface area contributed by atoms with Gasteiger partial charge in [-0.05, 0) is 63.9 Å². The molecule has 0 spiro atoms. The zero-order valence-corrected chi connectivity index (χ0v) is 26.3. The molecule has 6 rings (SSSR count). The number of sulfonamides is 1. The highest BCUT2D eigenvalue weighted by Gasteiger charge is 2.32. The van der Waals surface area contributed by atoms with Crippen molar-refractivity contribution < 1.29 is 13.2 Å². The summed E-state index contributed by atoms with van der Waals surface area (Å²) in [7, 11) is -3.68. The lowest BCUT2D eigenvalue weighted by atomic mass is 9.96. The molecule has 45 heavy (non-hydrogen) atoms. The first-order valence-electron chi connectivity index (χ1n) is 14.9. The molecule has 7 nitrogen and oxygen atoms in total. The molecule has 5 aromatic carbocycles. The Morgan fingerprint density at radius 1 is 0.711 bits per heavy atom. The van der Waals surface area contributed by atoms with Crippen molar-refractivity contribution in [2.24, 2.45) is 0 Å². The molecule has 0 atom stereocenters. The number of thiocarbonyl (C=S) groups is 1. The maximum Gasteiger partial charge on any atom is 0.243 e. The van der Waals surface area contributed by atoms with Crippen molar-refractivity contribution in [1.29, 1.82) is 0 Å². The summed E-state index contributed by atoms with van der Waals surface area (Å²) in [4.78, 5) is 15.3. The molecule has 1 heterocycles. The number of nitrogens with one attached hydrogen (secondary N) is 2. The van der Waals surface area contributed by atoms with Crippen LogP contribution in [0.4, 0.5) is 5.69 Å². The van der Waals surface area contributed by atoms with Crippen molar-refractivity contribution in [2.45, 2.75) is 17.4 Å². The van der Waals surface area contributed by atoms with Crippen LogP contribution in [0.5, 0.6) is 0 Å². The first kappa shape index (κ1) is 30.6. The van der Waals surface area contributed by atoms with E-state index >= 15 is 0 Å². The zero-order valence-electron chi connectivity index (χ0n) is 24.7. The number of nitrogens with zero attached hydrogens (tertiary/aromatic N) is 2. The lowest BCUT2D eigenvalue weighted by Crippen LogP contribution is -2.49. The SMILES string of the molecule is O=C(Cc1cccc2ccccc12)NC(=S)Nc1ccc(S(=O)(=O)N2CCN(C(c3ccccc3)c3ccccc3)CC2)cc1. The van der Waals surface area contributed by atoms with E-state index in [1.807, 2.05) is 78.9 Å². The van der Waals surface area contributed by atoms with Crippen molar-refractivity contribution in [3.05, 3.63) is 144 Å². The number of carbonyl (C=O) groups is 1. The molecular weight excluding hydrogens is 601 g/mol. The van der Waals surface area contributed by atoms with E-state index in [1.54, 1.807) is 28.6 Å². The third kappa shape index (κ3) is 7.13. The van der Waals surface area contributed by atoms with Crippen molar-refractivity contribution in [2.75, 3.05) is 31.5 Å².